The maximum Gasteiger partial charge on any atom is 0.173 e. The first-order valence-electron chi connectivity index (χ1n) is 6.76. The molecular formula is C18H17N2+. The van der Waals surface area contributed by atoms with Crippen molar-refractivity contribution in [2.24, 2.45) is 0 Å². The Morgan fingerprint density at radius 1 is 0.800 bits per heavy atom. The highest BCUT2D eigenvalue weighted by atomic mass is 14.9. The monoisotopic (exact) mass is 261 g/mol. The second-order valence-corrected chi connectivity index (χ2v) is 4.98. The van der Waals surface area contributed by atoms with Gasteiger partial charge in [-0.2, -0.15) is 0 Å². The van der Waals surface area contributed by atoms with Gasteiger partial charge >= 0.3 is 0 Å². The molecule has 0 spiro atoms. The Kier molecular flexibility index (Phi) is 3.55. The van der Waals surface area contributed by atoms with Crippen LogP contribution < -0.4 is 4.57 Å². The first-order valence-corrected chi connectivity index (χ1v) is 6.76. The molecule has 0 bridgehead atoms. The molecule has 1 aromatic carbocycles. The third-order valence-electron chi connectivity index (χ3n) is 3.39. The SMILES string of the molecule is Cc1ccc(C[n+]2ccc(-c3ccncc3)cc2)cc1. The lowest BCUT2D eigenvalue weighted by molar-refractivity contribution is -0.688. The van der Waals surface area contributed by atoms with E-state index in [0.29, 0.717) is 0 Å². The highest BCUT2D eigenvalue weighted by molar-refractivity contribution is 5.61. The van der Waals surface area contributed by atoms with Crippen LogP contribution in [0.5, 0.6) is 0 Å². The molecule has 2 heterocycles. The number of nitrogens with zero attached hydrogens (tertiary/aromatic N) is 2. The maximum atomic E-state index is 4.05. The number of hydrogen-bond acceptors (Lipinski definition) is 1. The van der Waals surface area contributed by atoms with Crippen LogP contribution in [0.4, 0.5) is 0 Å². The van der Waals surface area contributed by atoms with Crippen LogP contribution in [0.1, 0.15) is 11.1 Å². The third kappa shape index (κ3) is 2.91. The van der Waals surface area contributed by atoms with Gasteiger partial charge in [0, 0.05) is 30.1 Å². The summed E-state index contributed by atoms with van der Waals surface area (Å²) in [5.74, 6) is 0. The number of aromatic nitrogens is 2. The van der Waals surface area contributed by atoms with E-state index in [1.165, 1.54) is 22.3 Å². The first-order chi connectivity index (χ1) is 9.81. The summed E-state index contributed by atoms with van der Waals surface area (Å²) in [6.07, 6.45) is 7.89. The van der Waals surface area contributed by atoms with Crippen LogP contribution in [0.15, 0.2) is 73.3 Å². The Bertz CT molecular complexity index is 671. The van der Waals surface area contributed by atoms with Gasteiger partial charge in [0.25, 0.3) is 0 Å². The van der Waals surface area contributed by atoms with E-state index in [2.05, 4.69) is 65.3 Å². The summed E-state index contributed by atoms with van der Waals surface area (Å²) in [5.41, 5.74) is 5.03. The first kappa shape index (κ1) is 12.5. The molecular weight excluding hydrogens is 244 g/mol. The predicted octanol–water partition coefficient (Wildman–Crippen LogP) is 3.39. The zero-order chi connectivity index (χ0) is 13.8. The van der Waals surface area contributed by atoms with Crippen molar-refractivity contribution in [3.05, 3.63) is 84.4 Å². The van der Waals surface area contributed by atoms with Crippen molar-refractivity contribution < 1.29 is 4.57 Å². The van der Waals surface area contributed by atoms with E-state index < -0.39 is 0 Å². The Morgan fingerprint density at radius 3 is 2.05 bits per heavy atom. The highest BCUT2D eigenvalue weighted by Gasteiger charge is 2.04. The van der Waals surface area contributed by atoms with Gasteiger partial charge in [-0.25, -0.2) is 4.57 Å². The van der Waals surface area contributed by atoms with E-state index in [0.717, 1.165) is 6.54 Å². The number of hydrogen-bond donors (Lipinski definition) is 0. The van der Waals surface area contributed by atoms with Gasteiger partial charge in [-0.1, -0.05) is 29.8 Å². The van der Waals surface area contributed by atoms with E-state index in [9.17, 15) is 0 Å². The molecule has 2 aromatic heterocycles. The molecule has 3 aromatic rings. The second-order valence-electron chi connectivity index (χ2n) is 4.98. The van der Waals surface area contributed by atoms with E-state index in [1.54, 1.807) is 0 Å². The number of rotatable bonds is 3. The van der Waals surface area contributed by atoms with Crippen molar-refractivity contribution in [2.45, 2.75) is 13.5 Å². The molecule has 0 aliphatic rings. The number of aryl methyl sites for hydroxylation is 1. The summed E-state index contributed by atoms with van der Waals surface area (Å²) in [5, 5.41) is 0. The quantitative estimate of drug-likeness (QED) is 0.660. The molecule has 3 rings (SSSR count). The maximum absolute atomic E-state index is 4.05. The standard InChI is InChI=1S/C18H17N2/c1-15-2-4-16(5-3-15)14-20-12-8-18(9-13-20)17-6-10-19-11-7-17/h2-13H,14H2,1H3/q+1. The van der Waals surface area contributed by atoms with E-state index in [4.69, 9.17) is 0 Å². The Hall–Kier alpha value is -2.48. The van der Waals surface area contributed by atoms with Gasteiger partial charge in [-0.3, -0.25) is 4.98 Å². The van der Waals surface area contributed by atoms with Crippen LogP contribution in [0.2, 0.25) is 0 Å². The molecule has 0 radical (unpaired) electrons. The van der Waals surface area contributed by atoms with Gasteiger partial charge in [0.2, 0.25) is 0 Å². The molecule has 98 valence electrons. The van der Waals surface area contributed by atoms with E-state index >= 15 is 0 Å². The zero-order valence-electron chi connectivity index (χ0n) is 11.5. The minimum atomic E-state index is 0.900. The number of pyridine rings is 2. The van der Waals surface area contributed by atoms with Gasteiger partial charge in [-0.05, 0) is 30.2 Å². The lowest BCUT2D eigenvalue weighted by atomic mass is 10.1. The molecule has 2 heteroatoms. The van der Waals surface area contributed by atoms with Crippen molar-refractivity contribution in [3.8, 4) is 11.1 Å². The smallest absolute Gasteiger partial charge is 0.173 e. The summed E-state index contributed by atoms with van der Waals surface area (Å²) in [7, 11) is 0. The largest absolute Gasteiger partial charge is 0.265 e. The fourth-order valence-corrected chi connectivity index (χ4v) is 2.20. The average molecular weight is 261 g/mol. The van der Waals surface area contributed by atoms with E-state index in [1.807, 2.05) is 24.5 Å². The van der Waals surface area contributed by atoms with Crippen molar-refractivity contribution in [1.29, 1.82) is 0 Å². The Balaban J connectivity index is 1.78. The summed E-state index contributed by atoms with van der Waals surface area (Å²) in [6, 6.07) is 17.0. The van der Waals surface area contributed by atoms with Gasteiger partial charge in [-0.15, -0.1) is 0 Å². The van der Waals surface area contributed by atoms with Gasteiger partial charge < -0.3 is 0 Å². The molecule has 0 aliphatic heterocycles. The topological polar surface area (TPSA) is 16.8 Å². The van der Waals surface area contributed by atoms with Crippen LogP contribution >= 0.6 is 0 Å². The fraction of sp³-hybridized carbons (Fsp3) is 0.111. The summed E-state index contributed by atoms with van der Waals surface area (Å²) < 4.78 is 2.19. The minimum Gasteiger partial charge on any atom is -0.265 e. The van der Waals surface area contributed by atoms with Crippen LogP contribution in [0, 0.1) is 6.92 Å². The van der Waals surface area contributed by atoms with Crippen LogP contribution in [-0.4, -0.2) is 4.98 Å². The Morgan fingerprint density at radius 2 is 1.40 bits per heavy atom. The zero-order valence-corrected chi connectivity index (χ0v) is 11.5. The highest BCUT2D eigenvalue weighted by Crippen LogP contribution is 2.15. The molecule has 0 amide bonds. The van der Waals surface area contributed by atoms with Crippen molar-refractivity contribution >= 4 is 0 Å². The van der Waals surface area contributed by atoms with Crippen molar-refractivity contribution in [2.75, 3.05) is 0 Å². The van der Waals surface area contributed by atoms with Crippen LogP contribution in [0.3, 0.4) is 0 Å². The number of benzene rings is 1. The molecule has 0 saturated heterocycles. The summed E-state index contributed by atoms with van der Waals surface area (Å²) in [4.78, 5) is 4.05. The van der Waals surface area contributed by atoms with Crippen molar-refractivity contribution in [3.63, 3.8) is 0 Å². The molecule has 0 unspecified atom stereocenters. The Labute approximate surface area is 119 Å². The summed E-state index contributed by atoms with van der Waals surface area (Å²) >= 11 is 0. The minimum absolute atomic E-state index is 0.900. The van der Waals surface area contributed by atoms with Gasteiger partial charge in [0.1, 0.15) is 0 Å². The molecule has 0 aliphatic carbocycles. The molecule has 0 N–H and O–H groups in total. The van der Waals surface area contributed by atoms with E-state index in [-0.39, 0.29) is 0 Å². The molecule has 0 fully saturated rings. The molecule has 2 nitrogen and oxygen atoms in total. The predicted molar refractivity (Wildman–Crippen MR) is 80.1 cm³/mol. The molecule has 20 heavy (non-hydrogen) atoms. The second kappa shape index (κ2) is 5.66. The van der Waals surface area contributed by atoms with Gasteiger partial charge in [0.05, 0.1) is 0 Å². The van der Waals surface area contributed by atoms with Crippen LogP contribution in [-0.2, 0) is 6.54 Å². The van der Waals surface area contributed by atoms with Crippen molar-refractivity contribution in [1.82, 2.24) is 4.98 Å². The van der Waals surface area contributed by atoms with Gasteiger partial charge in [0.15, 0.2) is 18.9 Å². The molecule has 0 atom stereocenters. The molecule has 0 saturated carbocycles. The third-order valence-corrected chi connectivity index (χ3v) is 3.39. The normalized spacial score (nSPS) is 10.4. The lowest BCUT2D eigenvalue weighted by Crippen LogP contribution is -2.32. The summed E-state index contributed by atoms with van der Waals surface area (Å²) in [6.45, 7) is 3.01. The fourth-order valence-electron chi connectivity index (χ4n) is 2.20. The van der Waals surface area contributed by atoms with Crippen LogP contribution in [0.25, 0.3) is 11.1 Å². The lowest BCUT2D eigenvalue weighted by Gasteiger charge is -2.01. The average Bonchev–Trinajstić information content (AvgIpc) is 2.51.